The van der Waals surface area contributed by atoms with Gasteiger partial charge in [-0.1, -0.05) is 36.8 Å². The molecule has 7 heteroatoms. The van der Waals surface area contributed by atoms with Crippen LogP contribution in [0.2, 0.25) is 0 Å². The van der Waals surface area contributed by atoms with E-state index in [0.717, 1.165) is 74.8 Å². The maximum Gasteiger partial charge on any atom is 0.245 e. The highest BCUT2D eigenvalue weighted by molar-refractivity contribution is 8.00. The van der Waals surface area contributed by atoms with Gasteiger partial charge in [0.15, 0.2) is 0 Å². The third-order valence-electron chi connectivity index (χ3n) is 5.85. The van der Waals surface area contributed by atoms with Crippen molar-refractivity contribution >= 4 is 29.2 Å². The smallest absolute Gasteiger partial charge is 0.245 e. The molecule has 1 fully saturated rings. The number of hydrogen-bond donors (Lipinski definition) is 2. The van der Waals surface area contributed by atoms with Gasteiger partial charge in [-0.2, -0.15) is 0 Å². The highest BCUT2D eigenvalue weighted by Crippen LogP contribution is 2.46. The summed E-state index contributed by atoms with van der Waals surface area (Å²) >= 11 is 1.58. The number of morpholine rings is 1. The van der Waals surface area contributed by atoms with E-state index in [-0.39, 0.29) is 17.0 Å². The molecule has 0 aliphatic carbocycles. The van der Waals surface area contributed by atoms with Crippen LogP contribution >= 0.6 is 11.8 Å². The summed E-state index contributed by atoms with van der Waals surface area (Å²) in [6.07, 6.45) is 3.22. The Bertz CT molecular complexity index is 929. The van der Waals surface area contributed by atoms with Crippen molar-refractivity contribution < 1.29 is 9.53 Å². The summed E-state index contributed by atoms with van der Waals surface area (Å²) in [5.74, 6) is 0.130. The number of unbranched alkanes of at least 4 members (excludes halogenated alkanes) is 2. The van der Waals surface area contributed by atoms with E-state index < -0.39 is 0 Å². The van der Waals surface area contributed by atoms with Crippen LogP contribution in [0.1, 0.15) is 35.6 Å². The zero-order chi connectivity index (χ0) is 21.6. The lowest BCUT2D eigenvalue weighted by Crippen LogP contribution is -2.38. The maximum atomic E-state index is 13.5. The van der Waals surface area contributed by atoms with Gasteiger partial charge in [0.2, 0.25) is 5.91 Å². The Kier molecular flexibility index (Phi) is 7.27. The highest BCUT2D eigenvalue weighted by atomic mass is 32.2. The number of nitrogen functional groups attached to an aromatic ring is 1. The normalized spacial score (nSPS) is 19.3. The molecular weight excluding hydrogens is 408 g/mol. The quantitative estimate of drug-likeness (QED) is 0.373. The van der Waals surface area contributed by atoms with Crippen molar-refractivity contribution in [2.75, 3.05) is 44.3 Å². The Morgan fingerprint density at radius 3 is 2.65 bits per heavy atom. The molecule has 1 saturated heterocycles. The van der Waals surface area contributed by atoms with Gasteiger partial charge in [-0.3, -0.25) is 15.1 Å². The first-order valence-corrected chi connectivity index (χ1v) is 11.8. The molecule has 2 heterocycles. The SMILES string of the molecule is N=C(N)c1cccc(C2Sc3ccccc3N(CCCCCN3CCOCC3)C2=O)c1. The zero-order valence-electron chi connectivity index (χ0n) is 17.8. The first kappa shape index (κ1) is 21.9. The number of nitrogens with one attached hydrogen (secondary N) is 1. The lowest BCUT2D eigenvalue weighted by atomic mass is 10.1. The second-order valence-electron chi connectivity index (χ2n) is 8.01. The number of benzene rings is 2. The van der Waals surface area contributed by atoms with Crippen molar-refractivity contribution in [1.82, 2.24) is 4.90 Å². The molecular formula is C24H30N4O2S. The number of hydrogen-bond acceptors (Lipinski definition) is 5. The fraction of sp³-hybridized carbons (Fsp3) is 0.417. The number of anilines is 1. The van der Waals surface area contributed by atoms with Crippen LogP contribution in [-0.4, -0.2) is 56.0 Å². The number of fused-ring (bicyclic) bond motifs is 1. The van der Waals surface area contributed by atoms with Crippen LogP contribution < -0.4 is 10.6 Å². The Morgan fingerprint density at radius 2 is 1.84 bits per heavy atom. The Balaban J connectivity index is 1.43. The topological polar surface area (TPSA) is 82.7 Å². The summed E-state index contributed by atoms with van der Waals surface area (Å²) in [7, 11) is 0. The standard InChI is InChI=1S/C24H30N4O2S/c25-23(26)19-8-6-7-18(17-19)22-24(29)28(20-9-2-3-10-21(20)31-22)12-5-1-4-11-27-13-15-30-16-14-27/h2-3,6-10,17,22H,1,4-5,11-16H2,(H3,25,26). The molecule has 6 nitrogen and oxygen atoms in total. The Hall–Kier alpha value is -2.35. The Labute approximate surface area is 188 Å². The largest absolute Gasteiger partial charge is 0.384 e. The van der Waals surface area contributed by atoms with Crippen LogP contribution in [0.4, 0.5) is 5.69 Å². The minimum atomic E-state index is -0.317. The molecule has 0 radical (unpaired) electrons. The van der Waals surface area contributed by atoms with E-state index in [0.29, 0.717) is 5.56 Å². The van der Waals surface area contributed by atoms with Gasteiger partial charge < -0.3 is 15.4 Å². The predicted molar refractivity (Wildman–Crippen MR) is 126 cm³/mol. The van der Waals surface area contributed by atoms with Gasteiger partial charge in [-0.15, -0.1) is 11.8 Å². The second-order valence-corrected chi connectivity index (χ2v) is 9.16. The van der Waals surface area contributed by atoms with E-state index in [2.05, 4.69) is 11.0 Å². The van der Waals surface area contributed by atoms with Crippen molar-refractivity contribution in [2.24, 2.45) is 5.73 Å². The van der Waals surface area contributed by atoms with Crippen LogP contribution in [0, 0.1) is 5.41 Å². The van der Waals surface area contributed by atoms with Gasteiger partial charge in [0.1, 0.15) is 11.1 Å². The lowest BCUT2D eigenvalue weighted by molar-refractivity contribution is -0.118. The summed E-state index contributed by atoms with van der Waals surface area (Å²) in [6.45, 7) is 5.55. The molecule has 2 aromatic rings. The molecule has 164 valence electrons. The van der Waals surface area contributed by atoms with Gasteiger partial charge in [0, 0.05) is 30.1 Å². The van der Waals surface area contributed by atoms with E-state index in [9.17, 15) is 4.79 Å². The third-order valence-corrected chi connectivity index (χ3v) is 7.16. The molecule has 2 aliphatic heterocycles. The lowest BCUT2D eigenvalue weighted by Gasteiger charge is -2.34. The van der Waals surface area contributed by atoms with E-state index in [1.807, 2.05) is 47.4 Å². The average molecular weight is 439 g/mol. The number of para-hydroxylation sites is 1. The monoisotopic (exact) mass is 438 g/mol. The molecule has 3 N–H and O–H groups in total. The molecule has 2 aliphatic rings. The molecule has 4 rings (SSSR count). The number of ether oxygens (including phenoxy) is 1. The summed E-state index contributed by atoms with van der Waals surface area (Å²) in [6, 6.07) is 15.6. The van der Waals surface area contributed by atoms with Crippen LogP contribution in [0.5, 0.6) is 0 Å². The molecule has 1 unspecified atom stereocenters. The number of amidine groups is 1. The van der Waals surface area contributed by atoms with E-state index in [1.165, 1.54) is 0 Å². The van der Waals surface area contributed by atoms with Gasteiger partial charge in [0.25, 0.3) is 0 Å². The average Bonchev–Trinajstić information content (AvgIpc) is 2.80. The molecule has 0 saturated carbocycles. The van der Waals surface area contributed by atoms with Crippen molar-refractivity contribution in [3.8, 4) is 0 Å². The van der Waals surface area contributed by atoms with Crippen LogP contribution in [0.25, 0.3) is 0 Å². The van der Waals surface area contributed by atoms with E-state index in [1.54, 1.807) is 11.8 Å². The van der Waals surface area contributed by atoms with Crippen molar-refractivity contribution in [1.29, 1.82) is 5.41 Å². The first-order valence-electron chi connectivity index (χ1n) is 10.9. The fourth-order valence-corrected chi connectivity index (χ4v) is 5.36. The van der Waals surface area contributed by atoms with Gasteiger partial charge in [0.05, 0.1) is 18.9 Å². The van der Waals surface area contributed by atoms with Crippen molar-refractivity contribution in [3.63, 3.8) is 0 Å². The molecule has 31 heavy (non-hydrogen) atoms. The number of thioether (sulfide) groups is 1. The maximum absolute atomic E-state index is 13.5. The third kappa shape index (κ3) is 5.29. The molecule has 0 aromatic heterocycles. The van der Waals surface area contributed by atoms with Crippen molar-refractivity contribution in [2.45, 2.75) is 29.4 Å². The minimum absolute atomic E-state index is 0.0210. The zero-order valence-corrected chi connectivity index (χ0v) is 18.6. The number of amides is 1. The number of nitrogens with two attached hydrogens (primary N) is 1. The number of rotatable bonds is 8. The van der Waals surface area contributed by atoms with Gasteiger partial charge >= 0.3 is 0 Å². The second kappa shape index (κ2) is 10.3. The molecule has 2 aromatic carbocycles. The first-order chi connectivity index (χ1) is 15.1. The number of carbonyl (C=O) groups excluding carboxylic acids is 1. The van der Waals surface area contributed by atoms with Crippen LogP contribution in [-0.2, 0) is 9.53 Å². The fourth-order valence-electron chi connectivity index (χ4n) is 4.13. The molecule has 0 bridgehead atoms. The summed E-state index contributed by atoms with van der Waals surface area (Å²) < 4.78 is 5.41. The summed E-state index contributed by atoms with van der Waals surface area (Å²) in [5, 5.41) is 7.41. The van der Waals surface area contributed by atoms with Crippen LogP contribution in [0.3, 0.4) is 0 Å². The van der Waals surface area contributed by atoms with Crippen molar-refractivity contribution in [3.05, 3.63) is 59.7 Å². The van der Waals surface area contributed by atoms with E-state index >= 15 is 0 Å². The highest BCUT2D eigenvalue weighted by Gasteiger charge is 2.34. The van der Waals surface area contributed by atoms with Gasteiger partial charge in [-0.25, -0.2) is 0 Å². The number of carbonyl (C=O) groups is 1. The number of nitrogens with zero attached hydrogens (tertiary/aromatic N) is 2. The summed E-state index contributed by atoms with van der Waals surface area (Å²) in [4.78, 5) is 19.0. The van der Waals surface area contributed by atoms with E-state index in [4.69, 9.17) is 15.9 Å². The Morgan fingerprint density at radius 1 is 1.06 bits per heavy atom. The van der Waals surface area contributed by atoms with Gasteiger partial charge in [-0.05, 0) is 43.1 Å². The van der Waals surface area contributed by atoms with Crippen LogP contribution in [0.15, 0.2) is 53.4 Å². The summed E-state index contributed by atoms with van der Waals surface area (Å²) in [5.41, 5.74) is 8.22. The molecule has 0 spiro atoms. The molecule has 1 amide bonds. The molecule has 1 atom stereocenters. The predicted octanol–water partition coefficient (Wildman–Crippen LogP) is 3.65. The minimum Gasteiger partial charge on any atom is -0.384 e.